The highest BCUT2D eigenvalue weighted by Gasteiger charge is 2.22. The van der Waals surface area contributed by atoms with Gasteiger partial charge in [0, 0.05) is 20.2 Å². The Bertz CT molecular complexity index is 172. The summed E-state index contributed by atoms with van der Waals surface area (Å²) in [7, 11) is 1.71. The molecule has 0 amide bonds. The molecule has 5 nitrogen and oxygen atoms in total. The highest BCUT2D eigenvalue weighted by atomic mass is 16.5. The van der Waals surface area contributed by atoms with Crippen molar-refractivity contribution >= 4 is 5.84 Å². The second-order valence-corrected chi connectivity index (χ2v) is 2.97. The maximum atomic E-state index is 8.32. The molecule has 0 aromatic heterocycles. The van der Waals surface area contributed by atoms with Gasteiger partial charge in [0.1, 0.15) is 0 Å². The van der Waals surface area contributed by atoms with Crippen LogP contribution in [0, 0.1) is 0 Å². The van der Waals surface area contributed by atoms with Crippen LogP contribution < -0.4 is 5.73 Å². The molecule has 70 valence electrons. The van der Waals surface area contributed by atoms with Crippen molar-refractivity contribution in [3.8, 4) is 0 Å². The number of ether oxygens (including phenoxy) is 1. The van der Waals surface area contributed by atoms with E-state index in [-0.39, 0.29) is 5.84 Å². The van der Waals surface area contributed by atoms with Gasteiger partial charge in [-0.25, -0.2) is 0 Å². The molecule has 0 unspecified atom stereocenters. The van der Waals surface area contributed by atoms with E-state index < -0.39 is 0 Å². The molecule has 1 saturated heterocycles. The van der Waals surface area contributed by atoms with E-state index in [4.69, 9.17) is 15.7 Å². The molecule has 0 saturated carbocycles. The molecule has 1 rings (SSSR count). The van der Waals surface area contributed by atoms with Crippen LogP contribution in [0.4, 0.5) is 0 Å². The molecule has 12 heavy (non-hydrogen) atoms. The Morgan fingerprint density at radius 1 is 1.83 bits per heavy atom. The topological polar surface area (TPSA) is 71.1 Å². The third-order valence-corrected chi connectivity index (χ3v) is 2.08. The molecule has 1 heterocycles. The van der Waals surface area contributed by atoms with Gasteiger partial charge in [-0.2, -0.15) is 0 Å². The molecule has 0 aromatic rings. The predicted molar refractivity (Wildman–Crippen MR) is 45.3 cm³/mol. The van der Waals surface area contributed by atoms with Gasteiger partial charge in [0.2, 0.25) is 0 Å². The number of methoxy groups -OCH3 is 1. The van der Waals surface area contributed by atoms with Crippen molar-refractivity contribution < 1.29 is 9.94 Å². The van der Waals surface area contributed by atoms with Gasteiger partial charge in [-0.05, 0) is 6.42 Å². The standard InChI is InChI=1S/C7H15N3O2/c1-12-6-2-3-10(4-6)5-7(8)9-11/h6,11H,2-5H2,1H3,(H2,8,9)/t6-/m0/s1. The fourth-order valence-electron chi connectivity index (χ4n) is 1.39. The summed E-state index contributed by atoms with van der Waals surface area (Å²) < 4.78 is 5.17. The Labute approximate surface area is 71.8 Å². The van der Waals surface area contributed by atoms with Gasteiger partial charge in [-0.1, -0.05) is 5.16 Å². The van der Waals surface area contributed by atoms with Crippen LogP contribution in [0.5, 0.6) is 0 Å². The molecule has 3 N–H and O–H groups in total. The largest absolute Gasteiger partial charge is 0.409 e. The van der Waals surface area contributed by atoms with E-state index in [0.29, 0.717) is 12.6 Å². The lowest BCUT2D eigenvalue weighted by Crippen LogP contribution is -2.33. The first-order valence-electron chi connectivity index (χ1n) is 3.97. The van der Waals surface area contributed by atoms with Crippen LogP contribution in [0.1, 0.15) is 6.42 Å². The lowest BCUT2D eigenvalue weighted by atomic mass is 10.3. The molecular weight excluding hydrogens is 158 g/mol. The number of oxime groups is 1. The van der Waals surface area contributed by atoms with Gasteiger partial charge < -0.3 is 15.7 Å². The van der Waals surface area contributed by atoms with Crippen molar-refractivity contribution in [1.82, 2.24) is 4.90 Å². The van der Waals surface area contributed by atoms with Gasteiger partial charge >= 0.3 is 0 Å². The first-order chi connectivity index (χ1) is 5.76. The number of amidine groups is 1. The highest BCUT2D eigenvalue weighted by Crippen LogP contribution is 2.10. The summed E-state index contributed by atoms with van der Waals surface area (Å²) in [5, 5.41) is 11.2. The number of rotatable bonds is 3. The zero-order chi connectivity index (χ0) is 8.97. The number of hydrogen-bond acceptors (Lipinski definition) is 4. The highest BCUT2D eigenvalue weighted by molar-refractivity contribution is 5.81. The Morgan fingerprint density at radius 2 is 2.58 bits per heavy atom. The fourth-order valence-corrected chi connectivity index (χ4v) is 1.39. The summed E-state index contributed by atoms with van der Waals surface area (Å²) in [6.45, 7) is 2.35. The molecule has 5 heteroatoms. The summed E-state index contributed by atoms with van der Waals surface area (Å²) in [6, 6.07) is 0. The van der Waals surface area contributed by atoms with Gasteiger partial charge in [0.05, 0.1) is 12.6 Å². The summed E-state index contributed by atoms with van der Waals surface area (Å²) >= 11 is 0. The van der Waals surface area contributed by atoms with Crippen LogP contribution in [0.15, 0.2) is 5.16 Å². The molecule has 1 fully saturated rings. The monoisotopic (exact) mass is 173 g/mol. The van der Waals surface area contributed by atoms with Crippen molar-refractivity contribution in [2.75, 3.05) is 26.7 Å². The van der Waals surface area contributed by atoms with Gasteiger partial charge in [0.15, 0.2) is 5.84 Å². The van der Waals surface area contributed by atoms with Crippen LogP contribution in [-0.2, 0) is 4.74 Å². The molecule has 0 aromatic carbocycles. The van der Waals surface area contributed by atoms with Crippen molar-refractivity contribution in [3.63, 3.8) is 0 Å². The fraction of sp³-hybridized carbons (Fsp3) is 0.857. The molecule has 1 atom stereocenters. The third-order valence-electron chi connectivity index (χ3n) is 2.08. The Balaban J connectivity index is 2.28. The Hall–Kier alpha value is -0.810. The predicted octanol–water partition coefficient (Wildman–Crippen LogP) is -0.546. The lowest BCUT2D eigenvalue weighted by Gasteiger charge is -2.13. The smallest absolute Gasteiger partial charge is 0.153 e. The second kappa shape index (κ2) is 4.27. The van der Waals surface area contributed by atoms with E-state index in [2.05, 4.69) is 10.1 Å². The minimum Gasteiger partial charge on any atom is -0.409 e. The molecular formula is C7H15N3O2. The SMILES string of the molecule is CO[C@H]1CCN(C/C(N)=N\O)C1. The Kier molecular flexibility index (Phi) is 3.31. The first kappa shape index (κ1) is 9.28. The van der Waals surface area contributed by atoms with Crippen molar-refractivity contribution in [3.05, 3.63) is 0 Å². The number of likely N-dealkylation sites (tertiary alicyclic amines) is 1. The van der Waals surface area contributed by atoms with E-state index in [1.165, 1.54) is 0 Å². The average molecular weight is 173 g/mol. The zero-order valence-corrected chi connectivity index (χ0v) is 7.23. The van der Waals surface area contributed by atoms with Crippen LogP contribution in [0.2, 0.25) is 0 Å². The Morgan fingerprint density at radius 3 is 3.08 bits per heavy atom. The minimum absolute atomic E-state index is 0.256. The van der Waals surface area contributed by atoms with Crippen molar-refractivity contribution in [1.29, 1.82) is 0 Å². The van der Waals surface area contributed by atoms with Crippen LogP contribution >= 0.6 is 0 Å². The number of hydrogen-bond donors (Lipinski definition) is 2. The zero-order valence-electron chi connectivity index (χ0n) is 7.23. The van der Waals surface area contributed by atoms with Gasteiger partial charge in [-0.15, -0.1) is 0 Å². The van der Waals surface area contributed by atoms with E-state index in [0.717, 1.165) is 19.5 Å². The number of nitrogens with two attached hydrogens (primary N) is 1. The van der Waals surface area contributed by atoms with E-state index in [1.54, 1.807) is 7.11 Å². The van der Waals surface area contributed by atoms with Gasteiger partial charge in [0.25, 0.3) is 0 Å². The van der Waals surface area contributed by atoms with Crippen molar-refractivity contribution in [2.45, 2.75) is 12.5 Å². The summed E-state index contributed by atoms with van der Waals surface area (Å²) in [5.74, 6) is 0.256. The maximum Gasteiger partial charge on any atom is 0.153 e. The number of nitrogens with zero attached hydrogens (tertiary/aromatic N) is 2. The van der Waals surface area contributed by atoms with Crippen LogP contribution in [0.3, 0.4) is 0 Å². The maximum absolute atomic E-state index is 8.32. The summed E-state index contributed by atoms with van der Waals surface area (Å²) in [4.78, 5) is 2.10. The molecule has 0 radical (unpaired) electrons. The summed E-state index contributed by atoms with van der Waals surface area (Å²) in [5.41, 5.74) is 5.36. The second-order valence-electron chi connectivity index (χ2n) is 2.97. The minimum atomic E-state index is 0.256. The molecule has 0 bridgehead atoms. The first-order valence-corrected chi connectivity index (χ1v) is 3.97. The average Bonchev–Trinajstić information content (AvgIpc) is 2.52. The molecule has 0 aliphatic carbocycles. The third kappa shape index (κ3) is 2.35. The lowest BCUT2D eigenvalue weighted by molar-refractivity contribution is 0.110. The van der Waals surface area contributed by atoms with Crippen LogP contribution in [-0.4, -0.2) is 48.8 Å². The quantitative estimate of drug-likeness (QED) is 0.260. The molecule has 1 aliphatic rings. The summed E-state index contributed by atoms with van der Waals surface area (Å²) in [6.07, 6.45) is 1.33. The van der Waals surface area contributed by atoms with Crippen LogP contribution in [0.25, 0.3) is 0 Å². The molecule has 0 spiro atoms. The van der Waals surface area contributed by atoms with Gasteiger partial charge in [-0.3, -0.25) is 4.90 Å². The van der Waals surface area contributed by atoms with E-state index >= 15 is 0 Å². The normalized spacial score (nSPS) is 26.4. The van der Waals surface area contributed by atoms with E-state index in [9.17, 15) is 0 Å². The van der Waals surface area contributed by atoms with Crippen molar-refractivity contribution in [2.24, 2.45) is 10.9 Å². The van der Waals surface area contributed by atoms with E-state index in [1.807, 2.05) is 0 Å². The molecule has 1 aliphatic heterocycles.